The highest BCUT2D eigenvalue weighted by Gasteiger charge is 2.17. The monoisotopic (exact) mass is 400 g/mol. The first kappa shape index (κ1) is 14.7. The van der Waals surface area contributed by atoms with Crippen LogP contribution in [0.1, 0.15) is 0 Å². The molecule has 19 heavy (non-hydrogen) atoms. The molecule has 0 aliphatic heterocycles. The molecule has 2 heterocycles. The highest BCUT2D eigenvalue weighted by molar-refractivity contribution is 14.1. The molecule has 2 unspecified atom stereocenters. The Hall–Kier alpha value is -0.750. The summed E-state index contributed by atoms with van der Waals surface area (Å²) in [7, 11) is 0. The molecule has 0 amide bonds. The van der Waals surface area contributed by atoms with Crippen molar-refractivity contribution in [2.75, 3.05) is 6.61 Å². The number of halogens is 2. The fourth-order valence-electron chi connectivity index (χ4n) is 1.42. The predicted octanol–water partition coefficient (Wildman–Crippen LogP) is -0.139. The maximum atomic E-state index is 11.5. The van der Waals surface area contributed by atoms with E-state index >= 15 is 0 Å². The molecule has 0 aliphatic carbocycles. The Morgan fingerprint density at radius 2 is 2.37 bits per heavy atom. The van der Waals surface area contributed by atoms with Crippen molar-refractivity contribution in [3.05, 3.63) is 22.0 Å². The Balaban J connectivity index is 2.24. The summed E-state index contributed by atoms with van der Waals surface area (Å²) in [5.41, 5.74) is -0.0293. The quantitative estimate of drug-likeness (QED) is 0.366. The number of ether oxygens (including phenoxy) is 1. The Morgan fingerprint density at radius 3 is 3.00 bits per heavy atom. The van der Waals surface area contributed by atoms with Gasteiger partial charge in [-0.25, -0.2) is 4.98 Å². The molecule has 0 aliphatic rings. The van der Waals surface area contributed by atoms with Crippen molar-refractivity contribution >= 4 is 45.4 Å². The maximum absolute atomic E-state index is 11.5. The number of nitrogens with one attached hydrogen (secondary N) is 1. The number of rotatable bonds is 5. The number of aliphatic hydroxyl groups excluding tert-OH is 2. The van der Waals surface area contributed by atoms with Gasteiger partial charge in [-0.15, -0.1) is 0 Å². The summed E-state index contributed by atoms with van der Waals surface area (Å²) in [5.74, 6) is 0. The van der Waals surface area contributed by atoms with E-state index in [1.54, 1.807) is 22.6 Å². The molecule has 8 nitrogen and oxygen atoms in total. The first-order chi connectivity index (χ1) is 9.02. The molecule has 0 saturated carbocycles. The average Bonchev–Trinajstić information content (AvgIpc) is 2.73. The zero-order valence-corrected chi connectivity index (χ0v) is 12.4. The minimum absolute atomic E-state index is 0.0193. The van der Waals surface area contributed by atoms with E-state index < -0.39 is 15.8 Å². The molecule has 3 N–H and O–H groups in total. The number of aromatic nitrogens is 4. The SMILES string of the molecule is O=c1[nH]c(Cl)nc2c1ncn2COC(CO)C(O)I. The van der Waals surface area contributed by atoms with Gasteiger partial charge in [0.05, 0.1) is 12.9 Å². The summed E-state index contributed by atoms with van der Waals surface area (Å²) in [6.45, 7) is -0.347. The molecule has 10 heteroatoms. The largest absolute Gasteiger partial charge is 0.394 e. The maximum Gasteiger partial charge on any atom is 0.280 e. The third kappa shape index (κ3) is 3.23. The van der Waals surface area contributed by atoms with Crippen LogP contribution in [0.15, 0.2) is 11.1 Å². The number of hydrogen-bond acceptors (Lipinski definition) is 6. The van der Waals surface area contributed by atoms with Crippen LogP contribution in [-0.4, -0.2) is 46.6 Å². The third-order valence-corrected chi connectivity index (χ3v) is 3.34. The van der Waals surface area contributed by atoms with Crippen LogP contribution in [0.4, 0.5) is 0 Å². The van der Waals surface area contributed by atoms with Gasteiger partial charge in [0.25, 0.3) is 5.56 Å². The van der Waals surface area contributed by atoms with Crippen molar-refractivity contribution in [3.8, 4) is 0 Å². The molecular weight excluding hydrogens is 390 g/mol. The molecule has 0 saturated heterocycles. The van der Waals surface area contributed by atoms with Gasteiger partial charge in [-0.1, -0.05) is 0 Å². The summed E-state index contributed by atoms with van der Waals surface area (Å²) in [6, 6.07) is 0. The van der Waals surface area contributed by atoms with Gasteiger partial charge in [-0.05, 0) is 34.2 Å². The number of alkyl halides is 1. The van der Waals surface area contributed by atoms with E-state index in [0.29, 0.717) is 0 Å². The van der Waals surface area contributed by atoms with E-state index in [4.69, 9.17) is 21.4 Å². The second kappa shape index (κ2) is 6.13. The fraction of sp³-hybridized carbons (Fsp3) is 0.444. The zero-order chi connectivity index (χ0) is 14.0. The van der Waals surface area contributed by atoms with Crippen molar-refractivity contribution in [2.24, 2.45) is 0 Å². The molecular formula is C9H10ClIN4O4. The standard InChI is InChI=1S/C9H10ClIN4O4/c10-9-13-7-5(8(18)14-9)12-2-15(7)3-19-4(1-16)6(11)17/h2,4,6,16-17H,1,3H2,(H,13,14,18). The number of aromatic amines is 1. The number of imidazole rings is 1. The van der Waals surface area contributed by atoms with Crippen molar-refractivity contribution in [1.82, 2.24) is 19.5 Å². The van der Waals surface area contributed by atoms with E-state index in [1.165, 1.54) is 10.9 Å². The van der Waals surface area contributed by atoms with Gasteiger partial charge in [-0.3, -0.25) is 14.3 Å². The van der Waals surface area contributed by atoms with E-state index in [0.717, 1.165) is 0 Å². The second-order valence-corrected chi connectivity index (χ2v) is 5.27. The predicted molar refractivity (Wildman–Crippen MR) is 75.1 cm³/mol. The zero-order valence-electron chi connectivity index (χ0n) is 9.45. The first-order valence-corrected chi connectivity index (χ1v) is 6.80. The van der Waals surface area contributed by atoms with Crippen molar-refractivity contribution in [3.63, 3.8) is 0 Å². The van der Waals surface area contributed by atoms with Gasteiger partial charge in [0, 0.05) is 0 Å². The molecule has 0 spiro atoms. The van der Waals surface area contributed by atoms with Crippen molar-refractivity contribution in [1.29, 1.82) is 0 Å². The normalized spacial score (nSPS) is 14.7. The summed E-state index contributed by atoms with van der Waals surface area (Å²) in [4.78, 5) is 21.7. The van der Waals surface area contributed by atoms with Crippen LogP contribution < -0.4 is 5.56 Å². The van der Waals surface area contributed by atoms with Crippen LogP contribution >= 0.6 is 34.2 Å². The molecule has 0 fully saturated rings. The lowest BCUT2D eigenvalue weighted by Gasteiger charge is -2.17. The van der Waals surface area contributed by atoms with Crippen LogP contribution in [0.2, 0.25) is 5.28 Å². The molecule has 2 aromatic heterocycles. The van der Waals surface area contributed by atoms with E-state index in [2.05, 4.69) is 15.0 Å². The van der Waals surface area contributed by atoms with Gasteiger partial charge in [0.1, 0.15) is 16.9 Å². The molecule has 2 rings (SSSR count). The fourth-order valence-corrected chi connectivity index (χ4v) is 2.02. The summed E-state index contributed by atoms with van der Waals surface area (Å²) >= 11 is 7.39. The van der Waals surface area contributed by atoms with Crippen LogP contribution in [0.3, 0.4) is 0 Å². The number of hydrogen-bond donors (Lipinski definition) is 3. The van der Waals surface area contributed by atoms with Crippen LogP contribution in [-0.2, 0) is 11.5 Å². The van der Waals surface area contributed by atoms with Crippen LogP contribution in [0, 0.1) is 0 Å². The molecule has 0 bridgehead atoms. The molecule has 0 aromatic carbocycles. The first-order valence-electron chi connectivity index (χ1n) is 5.18. The lowest BCUT2D eigenvalue weighted by atomic mass is 10.4. The molecule has 104 valence electrons. The van der Waals surface area contributed by atoms with Gasteiger partial charge in [0.2, 0.25) is 5.28 Å². The second-order valence-electron chi connectivity index (χ2n) is 3.63. The number of fused-ring (bicyclic) bond motifs is 1. The van der Waals surface area contributed by atoms with Gasteiger partial charge >= 0.3 is 0 Å². The number of nitrogens with zero attached hydrogens (tertiary/aromatic N) is 3. The Kier molecular flexibility index (Phi) is 4.73. The Labute approximate surface area is 125 Å². The smallest absolute Gasteiger partial charge is 0.280 e. The van der Waals surface area contributed by atoms with E-state index in [9.17, 15) is 9.90 Å². The van der Waals surface area contributed by atoms with E-state index in [-0.39, 0.29) is 29.8 Å². The highest BCUT2D eigenvalue weighted by atomic mass is 127. The summed E-state index contributed by atoms with van der Waals surface area (Å²) < 4.78 is 5.91. The van der Waals surface area contributed by atoms with Gasteiger partial charge < -0.3 is 14.9 Å². The van der Waals surface area contributed by atoms with Crippen molar-refractivity contribution in [2.45, 2.75) is 16.9 Å². The molecule has 2 atom stereocenters. The lowest BCUT2D eigenvalue weighted by Crippen LogP contribution is -2.28. The highest BCUT2D eigenvalue weighted by Crippen LogP contribution is 2.11. The minimum atomic E-state index is -0.850. The number of aliphatic hydroxyl groups is 2. The number of H-pyrrole nitrogens is 1. The Morgan fingerprint density at radius 1 is 1.63 bits per heavy atom. The molecule has 0 radical (unpaired) electrons. The van der Waals surface area contributed by atoms with Crippen molar-refractivity contribution < 1.29 is 14.9 Å². The Bertz CT molecular complexity index is 628. The van der Waals surface area contributed by atoms with Crippen LogP contribution in [0.25, 0.3) is 11.2 Å². The molecule has 2 aromatic rings. The minimum Gasteiger partial charge on any atom is -0.394 e. The lowest BCUT2D eigenvalue weighted by molar-refractivity contribution is -0.0548. The average molecular weight is 401 g/mol. The topological polar surface area (TPSA) is 113 Å². The van der Waals surface area contributed by atoms with Crippen LogP contribution in [0.5, 0.6) is 0 Å². The van der Waals surface area contributed by atoms with E-state index in [1.807, 2.05) is 0 Å². The summed E-state index contributed by atoms with van der Waals surface area (Å²) in [5, 5.41) is 18.3. The summed E-state index contributed by atoms with van der Waals surface area (Å²) in [6.07, 6.45) is 0.632. The van der Waals surface area contributed by atoms with Gasteiger partial charge in [0.15, 0.2) is 11.2 Å². The van der Waals surface area contributed by atoms with Gasteiger partial charge in [-0.2, -0.15) is 4.98 Å². The third-order valence-electron chi connectivity index (χ3n) is 2.36.